The van der Waals surface area contributed by atoms with Crippen molar-refractivity contribution in [2.75, 3.05) is 19.7 Å². The van der Waals surface area contributed by atoms with Crippen LogP contribution in [0.1, 0.15) is 30.2 Å². The Balaban J connectivity index is 1.87. The van der Waals surface area contributed by atoms with Crippen molar-refractivity contribution in [1.82, 2.24) is 9.88 Å². The number of aliphatic hydroxyl groups excluding tert-OH is 1. The molecule has 1 aromatic rings. The van der Waals surface area contributed by atoms with Gasteiger partial charge < -0.3 is 9.52 Å². The zero-order valence-electron chi connectivity index (χ0n) is 10.1. The van der Waals surface area contributed by atoms with Gasteiger partial charge in [0.15, 0.2) is 0 Å². The van der Waals surface area contributed by atoms with Crippen LogP contribution in [0, 0.1) is 19.8 Å². The number of aryl methyl sites for hydroxylation is 2. The largest absolute Gasteiger partial charge is 0.444 e. The Morgan fingerprint density at radius 1 is 1.38 bits per heavy atom. The number of piperidine rings is 1. The third-order valence-corrected chi connectivity index (χ3v) is 3.40. The molecule has 0 saturated carbocycles. The highest BCUT2D eigenvalue weighted by Crippen LogP contribution is 2.18. The predicted octanol–water partition coefficient (Wildman–Crippen LogP) is 1.50. The molecule has 1 fully saturated rings. The van der Waals surface area contributed by atoms with Crippen LogP contribution >= 0.6 is 0 Å². The van der Waals surface area contributed by atoms with Gasteiger partial charge in [0.1, 0.15) is 5.76 Å². The van der Waals surface area contributed by atoms with E-state index in [4.69, 9.17) is 9.52 Å². The summed E-state index contributed by atoms with van der Waals surface area (Å²) in [5, 5.41) is 9.06. The van der Waals surface area contributed by atoms with Gasteiger partial charge in [-0.25, -0.2) is 4.98 Å². The first kappa shape index (κ1) is 11.6. The molecule has 2 heterocycles. The number of rotatable bonds is 3. The van der Waals surface area contributed by atoms with Gasteiger partial charge in [0.2, 0.25) is 5.89 Å². The first-order valence-corrected chi connectivity index (χ1v) is 5.95. The topological polar surface area (TPSA) is 49.5 Å². The van der Waals surface area contributed by atoms with Crippen molar-refractivity contribution in [3.63, 3.8) is 0 Å². The summed E-state index contributed by atoms with van der Waals surface area (Å²) in [5.74, 6) is 2.22. The van der Waals surface area contributed by atoms with Crippen molar-refractivity contribution < 1.29 is 9.52 Å². The standard InChI is InChI=1S/C12H20N2O2/c1-9-10(2)16-12(13-9)7-14-5-3-11(8-15)4-6-14/h11,15H,3-8H2,1-2H3. The summed E-state index contributed by atoms with van der Waals surface area (Å²) in [6, 6.07) is 0. The summed E-state index contributed by atoms with van der Waals surface area (Å²) < 4.78 is 5.57. The molecule has 1 saturated heterocycles. The number of nitrogens with zero attached hydrogens (tertiary/aromatic N) is 2. The maximum absolute atomic E-state index is 9.06. The molecule has 16 heavy (non-hydrogen) atoms. The van der Waals surface area contributed by atoms with Gasteiger partial charge in [-0.3, -0.25) is 4.90 Å². The molecule has 0 spiro atoms. The van der Waals surface area contributed by atoms with Crippen molar-refractivity contribution in [3.05, 3.63) is 17.3 Å². The van der Waals surface area contributed by atoms with Crippen LogP contribution in [0.2, 0.25) is 0 Å². The lowest BCUT2D eigenvalue weighted by Crippen LogP contribution is -2.34. The molecular weight excluding hydrogens is 204 g/mol. The first-order valence-electron chi connectivity index (χ1n) is 5.95. The minimum Gasteiger partial charge on any atom is -0.444 e. The molecule has 1 N–H and O–H groups in total. The van der Waals surface area contributed by atoms with Gasteiger partial charge >= 0.3 is 0 Å². The monoisotopic (exact) mass is 224 g/mol. The van der Waals surface area contributed by atoms with Crippen molar-refractivity contribution in [2.45, 2.75) is 33.2 Å². The summed E-state index contributed by atoms with van der Waals surface area (Å²) in [6.45, 7) is 7.11. The molecule has 4 nitrogen and oxygen atoms in total. The lowest BCUT2D eigenvalue weighted by molar-refractivity contribution is 0.120. The molecule has 0 radical (unpaired) electrons. The summed E-state index contributed by atoms with van der Waals surface area (Å²) in [4.78, 5) is 6.73. The normalized spacial score (nSPS) is 19.2. The maximum atomic E-state index is 9.06. The Hall–Kier alpha value is -0.870. The summed E-state index contributed by atoms with van der Waals surface area (Å²) in [7, 11) is 0. The fourth-order valence-electron chi connectivity index (χ4n) is 2.13. The maximum Gasteiger partial charge on any atom is 0.208 e. The van der Waals surface area contributed by atoms with Crippen LogP contribution in [-0.4, -0.2) is 34.7 Å². The number of hydrogen-bond acceptors (Lipinski definition) is 4. The average molecular weight is 224 g/mol. The lowest BCUT2D eigenvalue weighted by atomic mass is 9.98. The number of aromatic nitrogens is 1. The Labute approximate surface area is 96.3 Å². The highest BCUT2D eigenvalue weighted by Gasteiger charge is 2.20. The fraction of sp³-hybridized carbons (Fsp3) is 0.750. The third-order valence-electron chi connectivity index (χ3n) is 3.40. The fourth-order valence-corrected chi connectivity index (χ4v) is 2.13. The molecule has 90 valence electrons. The van der Waals surface area contributed by atoms with E-state index in [0.29, 0.717) is 12.5 Å². The molecule has 1 aromatic heterocycles. The second-order valence-corrected chi connectivity index (χ2v) is 4.65. The molecule has 0 atom stereocenters. The molecular formula is C12H20N2O2. The second kappa shape index (κ2) is 4.97. The van der Waals surface area contributed by atoms with Gasteiger partial charge in [-0.05, 0) is 45.7 Å². The van der Waals surface area contributed by atoms with E-state index in [-0.39, 0.29) is 0 Å². The van der Waals surface area contributed by atoms with Gasteiger partial charge in [-0.15, -0.1) is 0 Å². The average Bonchev–Trinajstić information content (AvgIpc) is 2.59. The van der Waals surface area contributed by atoms with Crippen LogP contribution in [0.25, 0.3) is 0 Å². The van der Waals surface area contributed by atoms with E-state index < -0.39 is 0 Å². The van der Waals surface area contributed by atoms with E-state index in [9.17, 15) is 0 Å². The van der Waals surface area contributed by atoms with E-state index in [1.54, 1.807) is 0 Å². The smallest absolute Gasteiger partial charge is 0.208 e. The van der Waals surface area contributed by atoms with Crippen LogP contribution < -0.4 is 0 Å². The number of hydrogen-bond donors (Lipinski definition) is 1. The van der Waals surface area contributed by atoms with Crippen LogP contribution in [0.5, 0.6) is 0 Å². The second-order valence-electron chi connectivity index (χ2n) is 4.65. The molecule has 0 bridgehead atoms. The quantitative estimate of drug-likeness (QED) is 0.845. The highest BCUT2D eigenvalue weighted by atomic mass is 16.4. The summed E-state index contributed by atoms with van der Waals surface area (Å²) >= 11 is 0. The number of likely N-dealkylation sites (tertiary alicyclic amines) is 1. The van der Waals surface area contributed by atoms with E-state index in [2.05, 4.69) is 9.88 Å². The lowest BCUT2D eigenvalue weighted by Gasteiger charge is -2.29. The minimum absolute atomic E-state index is 0.324. The van der Waals surface area contributed by atoms with E-state index in [1.807, 2.05) is 13.8 Å². The molecule has 0 aromatic carbocycles. The Morgan fingerprint density at radius 2 is 2.06 bits per heavy atom. The molecule has 1 aliphatic rings. The van der Waals surface area contributed by atoms with E-state index >= 15 is 0 Å². The molecule has 1 aliphatic heterocycles. The van der Waals surface area contributed by atoms with Crippen molar-refractivity contribution in [2.24, 2.45) is 5.92 Å². The Bertz CT molecular complexity index is 321. The van der Waals surface area contributed by atoms with E-state index in [0.717, 1.165) is 49.8 Å². The van der Waals surface area contributed by atoms with E-state index in [1.165, 1.54) is 0 Å². The highest BCUT2D eigenvalue weighted by molar-refractivity contribution is 5.05. The molecule has 0 unspecified atom stereocenters. The van der Waals surface area contributed by atoms with Gasteiger partial charge in [0.05, 0.1) is 12.2 Å². The van der Waals surface area contributed by atoms with Crippen LogP contribution in [-0.2, 0) is 6.54 Å². The summed E-state index contributed by atoms with van der Waals surface area (Å²) in [6.07, 6.45) is 2.16. The molecule has 4 heteroatoms. The predicted molar refractivity (Wildman–Crippen MR) is 61.1 cm³/mol. The molecule has 0 aliphatic carbocycles. The van der Waals surface area contributed by atoms with Gasteiger partial charge in [-0.2, -0.15) is 0 Å². The zero-order valence-corrected chi connectivity index (χ0v) is 10.1. The van der Waals surface area contributed by atoms with Gasteiger partial charge in [-0.1, -0.05) is 0 Å². The first-order chi connectivity index (χ1) is 7.69. The Morgan fingerprint density at radius 3 is 2.56 bits per heavy atom. The van der Waals surface area contributed by atoms with Crippen molar-refractivity contribution >= 4 is 0 Å². The van der Waals surface area contributed by atoms with Crippen molar-refractivity contribution in [3.8, 4) is 0 Å². The zero-order chi connectivity index (χ0) is 11.5. The van der Waals surface area contributed by atoms with Crippen LogP contribution in [0.3, 0.4) is 0 Å². The number of aliphatic hydroxyl groups is 1. The van der Waals surface area contributed by atoms with Crippen LogP contribution in [0.4, 0.5) is 0 Å². The van der Waals surface area contributed by atoms with Crippen molar-refractivity contribution in [1.29, 1.82) is 0 Å². The van der Waals surface area contributed by atoms with Crippen LogP contribution in [0.15, 0.2) is 4.42 Å². The van der Waals surface area contributed by atoms with Gasteiger partial charge in [0, 0.05) is 6.61 Å². The molecule has 0 amide bonds. The van der Waals surface area contributed by atoms with Gasteiger partial charge in [0.25, 0.3) is 0 Å². The summed E-state index contributed by atoms with van der Waals surface area (Å²) in [5.41, 5.74) is 0.986. The molecule has 2 rings (SSSR count). The minimum atomic E-state index is 0.324. The SMILES string of the molecule is Cc1nc(CN2CCC(CO)CC2)oc1C. The Kier molecular flexibility index (Phi) is 3.61. The third kappa shape index (κ3) is 2.62. The number of oxazole rings is 1.